The fourth-order valence-corrected chi connectivity index (χ4v) is 1.37. The molecule has 17 heavy (non-hydrogen) atoms. The lowest BCUT2D eigenvalue weighted by atomic mass is 10.0. The Bertz CT molecular complexity index is 375. The number of rotatable bonds is 5. The number of nitrogens with one attached hydrogen (secondary N) is 2. The number of hydrogen-bond donors (Lipinski definition) is 2. The number of H-pyrrole nitrogens is 1. The molecule has 2 N–H and O–H groups in total. The first kappa shape index (κ1) is 13.1. The maximum Gasteiger partial charge on any atom is 0.328 e. The van der Waals surface area contributed by atoms with Gasteiger partial charge >= 0.3 is 5.97 Å². The molecule has 1 aromatic heterocycles. The second-order valence-electron chi connectivity index (χ2n) is 4.03. The first-order chi connectivity index (χ1) is 8.04. The van der Waals surface area contributed by atoms with E-state index in [2.05, 4.69) is 25.5 Å². The smallest absolute Gasteiger partial charge is 0.328 e. The molecular formula is C10H16N4O3. The number of carbonyl (C=O) groups excluding carboxylic acids is 2. The van der Waals surface area contributed by atoms with Crippen molar-refractivity contribution < 1.29 is 14.3 Å². The van der Waals surface area contributed by atoms with Crippen LogP contribution in [0.4, 0.5) is 0 Å². The average molecular weight is 240 g/mol. The molecule has 1 atom stereocenters. The minimum Gasteiger partial charge on any atom is -0.467 e. The normalized spacial score (nSPS) is 12.2. The molecule has 7 heteroatoms. The Hall–Kier alpha value is -1.92. The minimum atomic E-state index is -0.663. The number of ether oxygens (including phenoxy) is 1. The van der Waals surface area contributed by atoms with Crippen LogP contribution in [0.15, 0.2) is 6.20 Å². The molecule has 1 amide bonds. The number of methoxy groups -OCH3 is 1. The van der Waals surface area contributed by atoms with Crippen LogP contribution in [-0.2, 0) is 9.53 Å². The minimum absolute atomic E-state index is 0.141. The molecule has 0 aliphatic rings. The Morgan fingerprint density at radius 3 is 2.71 bits per heavy atom. The van der Waals surface area contributed by atoms with E-state index in [1.165, 1.54) is 13.3 Å². The van der Waals surface area contributed by atoms with Crippen LogP contribution in [0.2, 0.25) is 0 Å². The van der Waals surface area contributed by atoms with Gasteiger partial charge in [-0.25, -0.2) is 4.79 Å². The van der Waals surface area contributed by atoms with Crippen molar-refractivity contribution >= 4 is 11.9 Å². The predicted molar refractivity (Wildman–Crippen MR) is 59.1 cm³/mol. The number of aromatic amines is 1. The topological polar surface area (TPSA) is 97.0 Å². The number of carbonyl (C=O) groups is 2. The van der Waals surface area contributed by atoms with E-state index < -0.39 is 17.9 Å². The lowest BCUT2D eigenvalue weighted by molar-refractivity contribution is -0.143. The van der Waals surface area contributed by atoms with Crippen LogP contribution in [0.5, 0.6) is 0 Å². The summed E-state index contributed by atoms with van der Waals surface area (Å²) in [5.41, 5.74) is 0.141. The molecule has 94 valence electrons. The summed E-state index contributed by atoms with van der Waals surface area (Å²) in [4.78, 5) is 23.1. The third kappa shape index (κ3) is 3.86. The van der Waals surface area contributed by atoms with E-state index in [1.54, 1.807) is 0 Å². The van der Waals surface area contributed by atoms with E-state index in [1.807, 2.05) is 13.8 Å². The quantitative estimate of drug-likeness (QED) is 0.712. The van der Waals surface area contributed by atoms with Crippen molar-refractivity contribution in [3.05, 3.63) is 11.9 Å². The second kappa shape index (κ2) is 5.97. The van der Waals surface area contributed by atoms with Crippen LogP contribution in [0.3, 0.4) is 0 Å². The van der Waals surface area contributed by atoms with Gasteiger partial charge in [0.15, 0.2) is 5.69 Å². The van der Waals surface area contributed by atoms with Crippen LogP contribution in [-0.4, -0.2) is 40.4 Å². The predicted octanol–water partition coefficient (Wildman–Crippen LogP) is 0.122. The SMILES string of the molecule is COC(=O)C(CC(C)C)NC(=O)c1cn[nH]n1. The molecule has 0 aliphatic heterocycles. The highest BCUT2D eigenvalue weighted by Gasteiger charge is 2.23. The molecule has 0 aliphatic carbocycles. The average Bonchev–Trinajstić information content (AvgIpc) is 2.79. The van der Waals surface area contributed by atoms with Crippen molar-refractivity contribution in [3.63, 3.8) is 0 Å². The lowest BCUT2D eigenvalue weighted by Crippen LogP contribution is -2.42. The molecule has 1 aromatic rings. The van der Waals surface area contributed by atoms with Crippen molar-refractivity contribution in [2.24, 2.45) is 5.92 Å². The van der Waals surface area contributed by atoms with Crippen LogP contribution in [0, 0.1) is 5.92 Å². The van der Waals surface area contributed by atoms with Gasteiger partial charge in [0.25, 0.3) is 5.91 Å². The Morgan fingerprint density at radius 1 is 1.53 bits per heavy atom. The summed E-state index contributed by atoms with van der Waals surface area (Å²) < 4.78 is 4.63. The zero-order valence-electron chi connectivity index (χ0n) is 10.1. The second-order valence-corrected chi connectivity index (χ2v) is 4.03. The van der Waals surface area contributed by atoms with Crippen molar-refractivity contribution in [2.45, 2.75) is 26.3 Å². The Balaban J connectivity index is 2.66. The van der Waals surface area contributed by atoms with Gasteiger partial charge in [-0.05, 0) is 12.3 Å². The van der Waals surface area contributed by atoms with E-state index in [4.69, 9.17) is 0 Å². The number of aromatic nitrogens is 3. The number of hydrogen-bond acceptors (Lipinski definition) is 5. The zero-order valence-corrected chi connectivity index (χ0v) is 10.1. The van der Waals surface area contributed by atoms with Gasteiger partial charge in [-0.2, -0.15) is 15.4 Å². The summed E-state index contributed by atoms with van der Waals surface area (Å²) in [5, 5.41) is 12.1. The van der Waals surface area contributed by atoms with E-state index >= 15 is 0 Å². The lowest BCUT2D eigenvalue weighted by Gasteiger charge is -2.17. The van der Waals surface area contributed by atoms with Crippen LogP contribution >= 0.6 is 0 Å². The first-order valence-corrected chi connectivity index (χ1v) is 5.29. The number of amides is 1. The molecular weight excluding hydrogens is 224 g/mol. The molecule has 7 nitrogen and oxygen atoms in total. The summed E-state index contributed by atoms with van der Waals surface area (Å²) in [5.74, 6) is -0.651. The van der Waals surface area contributed by atoms with Crippen molar-refractivity contribution in [1.29, 1.82) is 0 Å². The molecule has 1 unspecified atom stereocenters. The van der Waals surface area contributed by atoms with Gasteiger partial charge in [0.1, 0.15) is 6.04 Å². The van der Waals surface area contributed by atoms with Gasteiger partial charge in [0.05, 0.1) is 13.3 Å². The monoisotopic (exact) mass is 240 g/mol. The fourth-order valence-electron chi connectivity index (χ4n) is 1.37. The van der Waals surface area contributed by atoms with Crippen molar-refractivity contribution in [1.82, 2.24) is 20.7 Å². The van der Waals surface area contributed by atoms with Crippen LogP contribution in [0.25, 0.3) is 0 Å². The maximum atomic E-state index is 11.7. The molecule has 0 radical (unpaired) electrons. The van der Waals surface area contributed by atoms with Crippen molar-refractivity contribution in [2.75, 3.05) is 7.11 Å². The van der Waals surface area contributed by atoms with Gasteiger partial charge in [-0.15, -0.1) is 0 Å². The summed E-state index contributed by atoms with van der Waals surface area (Å²) in [6, 6.07) is -0.663. The molecule has 0 saturated carbocycles. The van der Waals surface area contributed by atoms with Gasteiger partial charge in [-0.1, -0.05) is 13.8 Å². The third-order valence-corrected chi connectivity index (χ3v) is 2.15. The van der Waals surface area contributed by atoms with E-state index in [0.717, 1.165) is 0 Å². The largest absolute Gasteiger partial charge is 0.467 e. The number of esters is 1. The molecule has 0 spiro atoms. The molecule has 0 fully saturated rings. The standard InChI is InChI=1S/C10H16N4O3/c1-6(2)4-7(10(16)17-3)12-9(15)8-5-11-14-13-8/h5-7H,4H2,1-3H3,(H,12,15)(H,11,13,14). The molecule has 0 aromatic carbocycles. The van der Waals surface area contributed by atoms with Crippen LogP contribution in [0.1, 0.15) is 30.8 Å². The summed E-state index contributed by atoms with van der Waals surface area (Å²) in [7, 11) is 1.29. The maximum absolute atomic E-state index is 11.7. The highest BCUT2D eigenvalue weighted by Crippen LogP contribution is 2.07. The van der Waals surface area contributed by atoms with Gasteiger partial charge in [0.2, 0.25) is 0 Å². The summed E-state index contributed by atoms with van der Waals surface area (Å²) in [6.45, 7) is 3.91. The first-order valence-electron chi connectivity index (χ1n) is 5.29. The van der Waals surface area contributed by atoms with E-state index in [0.29, 0.717) is 6.42 Å². The Morgan fingerprint density at radius 2 is 2.24 bits per heavy atom. The third-order valence-electron chi connectivity index (χ3n) is 2.15. The van der Waals surface area contributed by atoms with Crippen LogP contribution < -0.4 is 5.32 Å². The molecule has 1 heterocycles. The fraction of sp³-hybridized carbons (Fsp3) is 0.600. The molecule has 0 bridgehead atoms. The highest BCUT2D eigenvalue weighted by atomic mass is 16.5. The summed E-state index contributed by atoms with van der Waals surface area (Å²) in [6.07, 6.45) is 1.80. The van der Waals surface area contributed by atoms with E-state index in [9.17, 15) is 9.59 Å². The van der Waals surface area contributed by atoms with Crippen molar-refractivity contribution in [3.8, 4) is 0 Å². The molecule has 0 saturated heterocycles. The Kier molecular flexibility index (Phi) is 4.62. The highest BCUT2D eigenvalue weighted by molar-refractivity contribution is 5.94. The molecule has 1 rings (SSSR count). The Labute approximate surface area is 98.9 Å². The summed E-state index contributed by atoms with van der Waals surface area (Å²) >= 11 is 0. The zero-order chi connectivity index (χ0) is 12.8. The van der Waals surface area contributed by atoms with Gasteiger partial charge in [-0.3, -0.25) is 4.79 Å². The van der Waals surface area contributed by atoms with Gasteiger partial charge in [0, 0.05) is 0 Å². The number of nitrogens with zero attached hydrogens (tertiary/aromatic N) is 2. The van der Waals surface area contributed by atoms with Gasteiger partial charge < -0.3 is 10.1 Å². The van der Waals surface area contributed by atoms with E-state index in [-0.39, 0.29) is 11.6 Å².